The second kappa shape index (κ2) is 10.1. The third kappa shape index (κ3) is 5.39. The fraction of sp³-hybridized carbons (Fsp3) is 0.0417. The van der Waals surface area contributed by atoms with E-state index < -0.39 is 22.8 Å². The fourth-order valence-electron chi connectivity index (χ4n) is 3.29. The van der Waals surface area contributed by atoms with E-state index in [1.54, 1.807) is 30.3 Å². The molecule has 1 aliphatic rings. The Morgan fingerprint density at radius 2 is 1.80 bits per heavy atom. The van der Waals surface area contributed by atoms with Crippen molar-refractivity contribution < 1.29 is 24.0 Å². The number of nitrogens with zero attached hydrogens (tertiary/aromatic N) is 2. The predicted molar refractivity (Wildman–Crippen MR) is 132 cm³/mol. The van der Waals surface area contributed by atoms with Gasteiger partial charge in [-0.1, -0.05) is 29.8 Å². The van der Waals surface area contributed by atoms with Crippen molar-refractivity contribution in [3.8, 4) is 5.75 Å². The van der Waals surface area contributed by atoms with Crippen LogP contribution < -0.4 is 15.0 Å². The van der Waals surface area contributed by atoms with Crippen LogP contribution in [0.3, 0.4) is 0 Å². The summed E-state index contributed by atoms with van der Waals surface area (Å²) in [7, 11) is 0. The Hall–Kier alpha value is -4.02. The first-order chi connectivity index (χ1) is 16.7. The van der Waals surface area contributed by atoms with Gasteiger partial charge in [0.15, 0.2) is 0 Å². The lowest BCUT2D eigenvalue weighted by Gasteiger charge is -2.26. The van der Waals surface area contributed by atoms with Gasteiger partial charge >= 0.3 is 6.03 Å². The van der Waals surface area contributed by atoms with Gasteiger partial charge < -0.3 is 4.74 Å². The summed E-state index contributed by atoms with van der Waals surface area (Å²) in [4.78, 5) is 48.7. The van der Waals surface area contributed by atoms with Crippen molar-refractivity contribution in [2.24, 2.45) is 0 Å². The molecular weight excluding hydrogens is 542 g/mol. The maximum Gasteiger partial charge on any atom is 0.335 e. The molecular formula is C24H15BrClN3O6. The Labute approximate surface area is 212 Å². The second-order valence-corrected chi connectivity index (χ2v) is 8.63. The smallest absolute Gasteiger partial charge is 0.335 e. The highest BCUT2D eigenvalue weighted by Gasteiger charge is 2.37. The predicted octanol–water partition coefficient (Wildman–Crippen LogP) is 5.26. The van der Waals surface area contributed by atoms with Gasteiger partial charge in [0.2, 0.25) is 0 Å². The molecule has 3 aromatic rings. The Balaban J connectivity index is 1.56. The number of non-ortho nitro benzene ring substituents is 1. The molecule has 9 nitrogen and oxygen atoms in total. The van der Waals surface area contributed by atoms with Gasteiger partial charge in [-0.25, -0.2) is 9.69 Å². The van der Waals surface area contributed by atoms with E-state index in [0.29, 0.717) is 20.8 Å². The summed E-state index contributed by atoms with van der Waals surface area (Å²) in [6, 6.07) is 16.1. The monoisotopic (exact) mass is 555 g/mol. The molecule has 0 radical (unpaired) electrons. The van der Waals surface area contributed by atoms with Crippen molar-refractivity contribution in [2.75, 3.05) is 4.90 Å². The van der Waals surface area contributed by atoms with E-state index in [2.05, 4.69) is 21.2 Å². The molecule has 176 valence electrons. The number of amides is 4. The van der Waals surface area contributed by atoms with Gasteiger partial charge in [-0.2, -0.15) is 0 Å². The second-order valence-electron chi connectivity index (χ2n) is 7.34. The van der Waals surface area contributed by atoms with E-state index in [1.807, 2.05) is 12.1 Å². The maximum atomic E-state index is 13.0. The van der Waals surface area contributed by atoms with Gasteiger partial charge in [0, 0.05) is 17.2 Å². The standard InChI is InChI=1S/C24H15BrClN3O6/c25-20-12-14(4-9-21(20)35-13-15-2-1-3-16(26)10-15)11-19-22(30)27-24(32)28(23(19)31)17-5-7-18(8-6-17)29(33)34/h1-12H,13H2,(H,27,30,32)/b19-11+. The van der Waals surface area contributed by atoms with Crippen LogP contribution in [0.1, 0.15) is 11.1 Å². The number of imide groups is 2. The van der Waals surface area contributed by atoms with Crippen molar-refractivity contribution >= 4 is 62.8 Å². The lowest BCUT2D eigenvalue weighted by atomic mass is 10.1. The zero-order chi connectivity index (χ0) is 25.1. The molecule has 4 rings (SSSR count). The van der Waals surface area contributed by atoms with Crippen molar-refractivity contribution in [3.63, 3.8) is 0 Å². The Morgan fingerprint density at radius 1 is 1.06 bits per heavy atom. The molecule has 0 saturated carbocycles. The number of urea groups is 1. The lowest BCUT2D eigenvalue weighted by Crippen LogP contribution is -2.54. The maximum absolute atomic E-state index is 13.0. The molecule has 0 unspecified atom stereocenters. The quantitative estimate of drug-likeness (QED) is 0.192. The third-order valence-electron chi connectivity index (χ3n) is 4.97. The number of benzene rings is 3. The number of carbonyl (C=O) groups is 3. The van der Waals surface area contributed by atoms with Gasteiger partial charge in [-0.05, 0) is 69.5 Å². The van der Waals surface area contributed by atoms with E-state index in [1.165, 1.54) is 18.2 Å². The SMILES string of the molecule is O=C1NC(=O)N(c2ccc([N+](=O)[O-])cc2)C(=O)/C1=C/c1ccc(OCc2cccc(Cl)c2)c(Br)c1. The first kappa shape index (κ1) is 24.1. The summed E-state index contributed by atoms with van der Waals surface area (Å²) >= 11 is 9.41. The Morgan fingerprint density at radius 3 is 2.46 bits per heavy atom. The van der Waals surface area contributed by atoms with E-state index in [0.717, 1.165) is 22.6 Å². The van der Waals surface area contributed by atoms with Crippen LogP contribution in [0.5, 0.6) is 5.75 Å². The number of rotatable bonds is 6. The highest BCUT2D eigenvalue weighted by molar-refractivity contribution is 9.10. The van der Waals surface area contributed by atoms with Crippen LogP contribution in [0.25, 0.3) is 6.08 Å². The molecule has 11 heteroatoms. The number of hydrogen-bond donors (Lipinski definition) is 1. The first-order valence-corrected chi connectivity index (χ1v) is 11.2. The molecule has 0 bridgehead atoms. The largest absolute Gasteiger partial charge is 0.488 e. The number of nitro benzene ring substituents is 1. The zero-order valence-corrected chi connectivity index (χ0v) is 20.1. The van der Waals surface area contributed by atoms with Gasteiger partial charge in [0.1, 0.15) is 17.9 Å². The Bertz CT molecular complexity index is 1390. The summed E-state index contributed by atoms with van der Waals surface area (Å²) in [6.45, 7) is 0.285. The van der Waals surface area contributed by atoms with Crippen LogP contribution in [-0.2, 0) is 16.2 Å². The number of barbiturate groups is 1. The molecule has 3 aromatic carbocycles. The number of nitrogens with one attached hydrogen (secondary N) is 1. The molecule has 0 atom stereocenters. The Kier molecular flexibility index (Phi) is 6.94. The normalized spacial score (nSPS) is 14.7. The molecule has 0 aliphatic carbocycles. The fourth-order valence-corrected chi connectivity index (χ4v) is 4.02. The van der Waals surface area contributed by atoms with Crippen LogP contribution in [0, 0.1) is 10.1 Å². The molecule has 1 aliphatic heterocycles. The minimum atomic E-state index is -0.947. The highest BCUT2D eigenvalue weighted by atomic mass is 79.9. The number of carbonyl (C=O) groups excluding carboxylic acids is 3. The number of nitro groups is 1. The van der Waals surface area contributed by atoms with Crippen molar-refractivity contribution in [1.82, 2.24) is 5.32 Å². The molecule has 1 fully saturated rings. The number of halogens is 2. The molecule has 0 spiro atoms. The van der Waals surface area contributed by atoms with Crippen LogP contribution >= 0.6 is 27.5 Å². The van der Waals surface area contributed by atoms with E-state index in [4.69, 9.17) is 16.3 Å². The average molecular weight is 557 g/mol. The first-order valence-electron chi connectivity index (χ1n) is 10.1. The zero-order valence-electron chi connectivity index (χ0n) is 17.7. The number of anilines is 1. The lowest BCUT2D eigenvalue weighted by molar-refractivity contribution is -0.384. The topological polar surface area (TPSA) is 119 Å². The molecule has 35 heavy (non-hydrogen) atoms. The van der Waals surface area contributed by atoms with Crippen molar-refractivity contribution in [1.29, 1.82) is 0 Å². The summed E-state index contributed by atoms with van der Waals surface area (Å²) in [5, 5.41) is 13.6. The van der Waals surface area contributed by atoms with Crippen molar-refractivity contribution in [2.45, 2.75) is 6.61 Å². The summed E-state index contributed by atoms with van der Waals surface area (Å²) in [5.74, 6) is -1.17. The molecule has 1 N–H and O–H groups in total. The number of hydrogen-bond acceptors (Lipinski definition) is 6. The van der Waals surface area contributed by atoms with Gasteiger partial charge in [0.25, 0.3) is 17.5 Å². The highest BCUT2D eigenvalue weighted by Crippen LogP contribution is 2.29. The summed E-state index contributed by atoms with van der Waals surface area (Å²) in [6.07, 6.45) is 1.34. The third-order valence-corrected chi connectivity index (χ3v) is 5.83. The average Bonchev–Trinajstić information content (AvgIpc) is 2.81. The van der Waals surface area contributed by atoms with Crippen LogP contribution in [0.4, 0.5) is 16.2 Å². The minimum Gasteiger partial charge on any atom is -0.488 e. The van der Waals surface area contributed by atoms with Crippen molar-refractivity contribution in [3.05, 3.63) is 103 Å². The molecule has 4 amide bonds. The van der Waals surface area contributed by atoms with E-state index in [-0.39, 0.29) is 23.6 Å². The van der Waals surface area contributed by atoms with E-state index in [9.17, 15) is 24.5 Å². The minimum absolute atomic E-state index is 0.0856. The van der Waals surface area contributed by atoms with E-state index >= 15 is 0 Å². The van der Waals surface area contributed by atoms with Crippen LogP contribution in [0.2, 0.25) is 5.02 Å². The van der Waals surface area contributed by atoms with Gasteiger partial charge in [0.05, 0.1) is 15.1 Å². The van der Waals surface area contributed by atoms with Crippen LogP contribution in [0.15, 0.2) is 76.8 Å². The van der Waals surface area contributed by atoms with Gasteiger partial charge in [-0.15, -0.1) is 0 Å². The van der Waals surface area contributed by atoms with Gasteiger partial charge in [-0.3, -0.25) is 25.0 Å². The summed E-state index contributed by atoms with van der Waals surface area (Å²) < 4.78 is 6.39. The summed E-state index contributed by atoms with van der Waals surface area (Å²) in [5.41, 5.74) is 0.998. The molecule has 1 heterocycles. The molecule has 1 saturated heterocycles. The number of ether oxygens (including phenoxy) is 1. The van der Waals surface area contributed by atoms with Crippen LogP contribution in [-0.4, -0.2) is 22.8 Å². The molecule has 0 aromatic heterocycles.